The normalized spacial score (nSPS) is 12.2. The Morgan fingerprint density at radius 3 is 2.20 bits per heavy atom. The van der Waals surface area contributed by atoms with Crippen LogP contribution in [-0.4, -0.2) is 50.5 Å². The first-order chi connectivity index (χ1) is 16.3. The molecule has 2 aromatic carbocycles. The summed E-state index contributed by atoms with van der Waals surface area (Å²) in [7, 11) is -3.55. The monoisotopic (exact) mass is 541 g/mol. The average molecular weight is 543 g/mol. The van der Waals surface area contributed by atoms with Crippen molar-refractivity contribution >= 4 is 50.7 Å². The molecule has 2 amide bonds. The molecule has 35 heavy (non-hydrogen) atoms. The number of amides is 2. The molecule has 1 atom stereocenters. The summed E-state index contributed by atoms with van der Waals surface area (Å²) in [6, 6.07) is 9.93. The van der Waals surface area contributed by atoms with Crippen LogP contribution in [-0.2, 0) is 26.2 Å². The zero-order chi connectivity index (χ0) is 26.3. The van der Waals surface area contributed by atoms with E-state index >= 15 is 0 Å². The highest BCUT2D eigenvalue weighted by atomic mass is 35.5. The standard InChI is InChI=1S/C25H33Cl2N3O4S/c1-6-28-25(32)19(4)29(16-20-9-10-22(26)23(27)15-20)24(31)8-7-11-30(35(5,33)34)21-13-17(2)12-18(3)14-21/h9-10,12-15,19H,6-8,11,16H2,1-5H3,(H,28,32). The first-order valence-electron chi connectivity index (χ1n) is 11.4. The highest BCUT2D eigenvalue weighted by molar-refractivity contribution is 7.92. The van der Waals surface area contributed by atoms with Crippen molar-refractivity contribution in [2.45, 2.75) is 53.1 Å². The van der Waals surface area contributed by atoms with E-state index in [0.29, 0.717) is 28.7 Å². The zero-order valence-electron chi connectivity index (χ0n) is 20.8. The van der Waals surface area contributed by atoms with Crippen LogP contribution >= 0.6 is 23.2 Å². The smallest absolute Gasteiger partial charge is 0.242 e. The summed E-state index contributed by atoms with van der Waals surface area (Å²) in [5.41, 5.74) is 3.21. The van der Waals surface area contributed by atoms with E-state index < -0.39 is 16.1 Å². The fourth-order valence-electron chi connectivity index (χ4n) is 3.84. The molecule has 0 radical (unpaired) electrons. The van der Waals surface area contributed by atoms with Crippen LogP contribution < -0.4 is 9.62 Å². The van der Waals surface area contributed by atoms with Gasteiger partial charge in [0.1, 0.15) is 6.04 Å². The van der Waals surface area contributed by atoms with Crippen molar-refractivity contribution in [1.82, 2.24) is 10.2 Å². The molecule has 0 saturated heterocycles. The van der Waals surface area contributed by atoms with E-state index in [-0.39, 0.29) is 31.3 Å². The first-order valence-corrected chi connectivity index (χ1v) is 14.0. The number of nitrogens with one attached hydrogen (secondary N) is 1. The first kappa shape index (κ1) is 28.9. The van der Waals surface area contributed by atoms with E-state index in [0.717, 1.165) is 22.9 Å². The highest BCUT2D eigenvalue weighted by Gasteiger charge is 2.26. The van der Waals surface area contributed by atoms with Crippen LogP contribution in [0.3, 0.4) is 0 Å². The lowest BCUT2D eigenvalue weighted by molar-refractivity contribution is -0.140. The number of nitrogens with zero attached hydrogens (tertiary/aromatic N) is 2. The van der Waals surface area contributed by atoms with Gasteiger partial charge >= 0.3 is 0 Å². The Kier molecular flexibility index (Phi) is 10.4. The van der Waals surface area contributed by atoms with Crippen LogP contribution in [0, 0.1) is 13.8 Å². The minimum Gasteiger partial charge on any atom is -0.355 e. The maximum absolute atomic E-state index is 13.2. The Morgan fingerprint density at radius 2 is 1.66 bits per heavy atom. The molecule has 2 aromatic rings. The number of hydrogen-bond donors (Lipinski definition) is 1. The van der Waals surface area contributed by atoms with Crippen molar-refractivity contribution < 1.29 is 18.0 Å². The van der Waals surface area contributed by atoms with E-state index in [1.54, 1.807) is 25.1 Å². The summed E-state index contributed by atoms with van der Waals surface area (Å²) in [6.45, 7) is 8.04. The van der Waals surface area contributed by atoms with Gasteiger partial charge in [-0.15, -0.1) is 0 Å². The van der Waals surface area contributed by atoms with Crippen molar-refractivity contribution in [2.24, 2.45) is 0 Å². The minimum atomic E-state index is -3.55. The highest BCUT2D eigenvalue weighted by Crippen LogP contribution is 2.25. The third-order valence-electron chi connectivity index (χ3n) is 5.50. The second-order valence-corrected chi connectivity index (χ2v) is 11.3. The Balaban J connectivity index is 2.20. The third-order valence-corrected chi connectivity index (χ3v) is 7.43. The fraction of sp³-hybridized carbons (Fsp3) is 0.440. The number of carbonyl (C=O) groups is 2. The number of aryl methyl sites for hydroxylation is 2. The number of carbonyl (C=O) groups excluding carboxylic acids is 2. The largest absolute Gasteiger partial charge is 0.355 e. The van der Waals surface area contributed by atoms with E-state index in [1.165, 1.54) is 9.21 Å². The van der Waals surface area contributed by atoms with Crippen LogP contribution in [0.4, 0.5) is 5.69 Å². The molecule has 0 spiro atoms. The zero-order valence-corrected chi connectivity index (χ0v) is 23.1. The number of halogens is 2. The quantitative estimate of drug-likeness (QED) is 0.446. The van der Waals surface area contributed by atoms with E-state index in [1.807, 2.05) is 39.0 Å². The summed E-state index contributed by atoms with van der Waals surface area (Å²) >= 11 is 12.1. The molecule has 2 rings (SSSR count). The van der Waals surface area contributed by atoms with Gasteiger partial charge in [0.05, 0.1) is 22.0 Å². The van der Waals surface area contributed by atoms with Crippen LogP contribution in [0.15, 0.2) is 36.4 Å². The Bertz CT molecular complexity index is 1150. The van der Waals surface area contributed by atoms with Crippen molar-refractivity contribution in [3.8, 4) is 0 Å². The molecule has 7 nitrogen and oxygen atoms in total. The fourth-order valence-corrected chi connectivity index (χ4v) is 5.11. The van der Waals surface area contributed by atoms with Gasteiger partial charge in [0.25, 0.3) is 0 Å². The predicted molar refractivity (Wildman–Crippen MR) is 142 cm³/mol. The van der Waals surface area contributed by atoms with E-state index in [4.69, 9.17) is 23.2 Å². The summed E-state index contributed by atoms with van der Waals surface area (Å²) in [5, 5.41) is 3.51. The molecule has 0 heterocycles. The number of hydrogen-bond acceptors (Lipinski definition) is 4. The maximum atomic E-state index is 13.2. The Morgan fingerprint density at radius 1 is 1.03 bits per heavy atom. The number of sulfonamides is 1. The molecule has 10 heteroatoms. The third kappa shape index (κ3) is 8.40. The molecule has 0 aliphatic carbocycles. The van der Waals surface area contributed by atoms with Gasteiger partial charge in [0.15, 0.2) is 0 Å². The van der Waals surface area contributed by atoms with Crippen molar-refractivity contribution in [2.75, 3.05) is 23.7 Å². The number of anilines is 1. The molecule has 0 aromatic heterocycles. The van der Waals surface area contributed by atoms with Crippen LogP contribution in [0.2, 0.25) is 10.0 Å². The van der Waals surface area contributed by atoms with Crippen LogP contribution in [0.1, 0.15) is 43.4 Å². The molecular weight excluding hydrogens is 509 g/mol. The molecule has 0 aliphatic heterocycles. The Hall–Kier alpha value is -2.29. The number of likely N-dealkylation sites (N-methyl/N-ethyl adjacent to an activating group) is 1. The topological polar surface area (TPSA) is 86.8 Å². The van der Waals surface area contributed by atoms with Crippen molar-refractivity contribution in [1.29, 1.82) is 0 Å². The SMILES string of the molecule is CCNC(=O)C(C)N(Cc1ccc(Cl)c(Cl)c1)C(=O)CCCN(c1cc(C)cc(C)c1)S(C)(=O)=O. The molecule has 0 aliphatic rings. The second-order valence-electron chi connectivity index (χ2n) is 8.63. The number of benzene rings is 2. The minimum absolute atomic E-state index is 0.0713. The predicted octanol–water partition coefficient (Wildman–Crippen LogP) is 4.71. The van der Waals surface area contributed by atoms with Gasteiger partial charge in [-0.25, -0.2) is 8.42 Å². The molecule has 192 valence electrons. The lowest BCUT2D eigenvalue weighted by Gasteiger charge is -2.29. The van der Waals surface area contributed by atoms with E-state index in [2.05, 4.69) is 5.32 Å². The van der Waals surface area contributed by atoms with E-state index in [9.17, 15) is 18.0 Å². The molecule has 0 fully saturated rings. The molecule has 0 bridgehead atoms. The van der Waals surface area contributed by atoms with Gasteiger partial charge in [-0.1, -0.05) is 35.3 Å². The molecule has 1 unspecified atom stereocenters. The molecule has 0 saturated carbocycles. The van der Waals surface area contributed by atoms with Gasteiger partial charge in [0, 0.05) is 26.1 Å². The van der Waals surface area contributed by atoms with Crippen LogP contribution in [0.25, 0.3) is 0 Å². The molecular formula is C25H33Cl2N3O4S. The summed E-state index contributed by atoms with van der Waals surface area (Å²) in [4.78, 5) is 27.2. The number of rotatable bonds is 11. The van der Waals surface area contributed by atoms with Crippen LogP contribution in [0.5, 0.6) is 0 Å². The summed E-state index contributed by atoms with van der Waals surface area (Å²) < 4.78 is 26.3. The lowest BCUT2D eigenvalue weighted by Crippen LogP contribution is -2.47. The Labute approximate surface area is 218 Å². The average Bonchev–Trinajstić information content (AvgIpc) is 2.75. The summed E-state index contributed by atoms with van der Waals surface area (Å²) in [6.07, 6.45) is 1.51. The van der Waals surface area contributed by atoms with Crippen molar-refractivity contribution in [3.63, 3.8) is 0 Å². The lowest BCUT2D eigenvalue weighted by atomic mass is 10.1. The van der Waals surface area contributed by atoms with Gasteiger partial charge < -0.3 is 10.2 Å². The van der Waals surface area contributed by atoms with Gasteiger partial charge in [0.2, 0.25) is 21.8 Å². The van der Waals surface area contributed by atoms with Crippen molar-refractivity contribution in [3.05, 3.63) is 63.1 Å². The maximum Gasteiger partial charge on any atom is 0.242 e. The van der Waals surface area contributed by atoms with Gasteiger partial charge in [-0.2, -0.15) is 0 Å². The molecule has 1 N–H and O–H groups in total. The second kappa shape index (κ2) is 12.6. The van der Waals surface area contributed by atoms with Gasteiger partial charge in [-0.05, 0) is 75.1 Å². The van der Waals surface area contributed by atoms with Gasteiger partial charge in [-0.3, -0.25) is 13.9 Å². The summed E-state index contributed by atoms with van der Waals surface area (Å²) in [5.74, 6) is -0.530.